The summed E-state index contributed by atoms with van der Waals surface area (Å²) in [4.78, 5) is 25.6. The number of benzene rings is 1. The van der Waals surface area contributed by atoms with Gasteiger partial charge in [-0.1, -0.05) is 48.5 Å². The van der Waals surface area contributed by atoms with E-state index in [1.54, 1.807) is 25.2 Å². The van der Waals surface area contributed by atoms with Crippen molar-refractivity contribution >= 4 is 41.2 Å². The van der Waals surface area contributed by atoms with Crippen molar-refractivity contribution in [3.8, 4) is 6.07 Å². The molecular formula is C19H20Cl2N2O3. The Balaban J connectivity index is 1.93. The molecule has 0 aliphatic heterocycles. The maximum absolute atomic E-state index is 12.3. The number of nitriles is 1. The Morgan fingerprint density at radius 1 is 1.27 bits per heavy atom. The lowest BCUT2D eigenvalue weighted by molar-refractivity contribution is -0.150. The minimum atomic E-state index is -0.803. The van der Waals surface area contributed by atoms with Crippen LogP contribution in [0.4, 0.5) is 0 Å². The van der Waals surface area contributed by atoms with Crippen LogP contribution < -0.4 is 0 Å². The van der Waals surface area contributed by atoms with Crippen LogP contribution in [0.1, 0.15) is 37.7 Å². The van der Waals surface area contributed by atoms with E-state index >= 15 is 0 Å². The molecule has 0 spiro atoms. The Morgan fingerprint density at radius 3 is 2.46 bits per heavy atom. The fourth-order valence-electron chi connectivity index (χ4n) is 3.00. The van der Waals surface area contributed by atoms with Gasteiger partial charge in [-0.2, -0.15) is 5.26 Å². The summed E-state index contributed by atoms with van der Waals surface area (Å²) >= 11 is 12.0. The van der Waals surface area contributed by atoms with Crippen LogP contribution in [-0.4, -0.2) is 36.0 Å². The first kappa shape index (κ1) is 20.3. The summed E-state index contributed by atoms with van der Waals surface area (Å²) in [5.74, 6) is -1.08. The standard InChI is InChI=1S/C19H20Cl2N2O3/c1-23(19(13-22)10-3-2-4-11-19)17(24)12-26-18(25)9-8-14-15(20)6-5-7-16(14)21/h5-9H,2-4,10-12H2,1H3/b9-8+. The van der Waals surface area contributed by atoms with E-state index in [1.165, 1.54) is 17.1 Å². The SMILES string of the molecule is CN(C(=O)COC(=O)/C=C/c1c(Cl)cccc1Cl)C1(C#N)CCCCC1. The van der Waals surface area contributed by atoms with Gasteiger partial charge in [0.15, 0.2) is 6.61 Å². The van der Waals surface area contributed by atoms with Crippen LogP contribution >= 0.6 is 23.2 Å². The highest BCUT2D eigenvalue weighted by atomic mass is 35.5. The van der Waals surface area contributed by atoms with Gasteiger partial charge in [0, 0.05) is 28.7 Å². The summed E-state index contributed by atoms with van der Waals surface area (Å²) in [6, 6.07) is 7.28. The van der Waals surface area contributed by atoms with E-state index in [9.17, 15) is 14.9 Å². The molecule has 0 bridgehead atoms. The van der Waals surface area contributed by atoms with Crippen molar-refractivity contribution in [2.24, 2.45) is 0 Å². The normalized spacial score (nSPS) is 16.1. The number of carbonyl (C=O) groups is 2. The molecule has 1 aliphatic rings. The highest BCUT2D eigenvalue weighted by Crippen LogP contribution is 2.32. The van der Waals surface area contributed by atoms with Crippen molar-refractivity contribution in [3.63, 3.8) is 0 Å². The monoisotopic (exact) mass is 394 g/mol. The molecule has 138 valence electrons. The average molecular weight is 395 g/mol. The molecular weight excluding hydrogens is 375 g/mol. The van der Waals surface area contributed by atoms with Crippen LogP contribution in [0.5, 0.6) is 0 Å². The summed E-state index contributed by atoms with van der Waals surface area (Å²) < 4.78 is 4.99. The predicted molar refractivity (Wildman–Crippen MR) is 101 cm³/mol. The molecule has 0 saturated heterocycles. The van der Waals surface area contributed by atoms with Gasteiger partial charge in [0.2, 0.25) is 0 Å². The number of amides is 1. The molecule has 1 amide bonds. The van der Waals surface area contributed by atoms with E-state index in [-0.39, 0.29) is 0 Å². The first-order valence-electron chi connectivity index (χ1n) is 8.36. The molecule has 1 fully saturated rings. The van der Waals surface area contributed by atoms with Gasteiger partial charge in [0.1, 0.15) is 5.54 Å². The number of nitrogens with zero attached hydrogens (tertiary/aromatic N) is 2. The third kappa shape index (κ3) is 4.78. The summed E-state index contributed by atoms with van der Waals surface area (Å²) in [6.07, 6.45) is 6.78. The molecule has 0 radical (unpaired) electrons. The lowest BCUT2D eigenvalue weighted by atomic mass is 9.81. The fraction of sp³-hybridized carbons (Fsp3) is 0.421. The second-order valence-corrected chi connectivity index (χ2v) is 7.05. The number of hydrogen-bond donors (Lipinski definition) is 0. The molecule has 26 heavy (non-hydrogen) atoms. The van der Waals surface area contributed by atoms with Crippen LogP contribution in [0.15, 0.2) is 24.3 Å². The third-order valence-corrected chi connectivity index (χ3v) is 5.29. The van der Waals surface area contributed by atoms with E-state index in [1.807, 2.05) is 0 Å². The van der Waals surface area contributed by atoms with Gasteiger partial charge in [-0.25, -0.2) is 4.79 Å². The van der Waals surface area contributed by atoms with Crippen molar-refractivity contribution in [2.75, 3.05) is 13.7 Å². The number of carbonyl (C=O) groups excluding carboxylic acids is 2. The largest absolute Gasteiger partial charge is 0.452 e. The van der Waals surface area contributed by atoms with Gasteiger partial charge in [0.25, 0.3) is 5.91 Å². The number of ether oxygens (including phenoxy) is 1. The van der Waals surface area contributed by atoms with Crippen LogP contribution in [-0.2, 0) is 14.3 Å². The van der Waals surface area contributed by atoms with Gasteiger partial charge in [-0.3, -0.25) is 4.79 Å². The highest BCUT2D eigenvalue weighted by Gasteiger charge is 2.38. The summed E-state index contributed by atoms with van der Waals surface area (Å²) in [7, 11) is 1.59. The smallest absolute Gasteiger partial charge is 0.331 e. The second-order valence-electron chi connectivity index (χ2n) is 6.23. The summed E-state index contributed by atoms with van der Waals surface area (Å²) in [6.45, 7) is -0.417. The Hall–Kier alpha value is -2.03. The number of halogens is 2. The maximum Gasteiger partial charge on any atom is 0.331 e. The highest BCUT2D eigenvalue weighted by molar-refractivity contribution is 6.37. The minimum absolute atomic E-state index is 0.397. The molecule has 1 aromatic carbocycles. The van der Waals surface area contributed by atoms with Crippen LogP contribution in [0.2, 0.25) is 10.0 Å². The molecule has 0 unspecified atom stereocenters. The zero-order valence-electron chi connectivity index (χ0n) is 14.5. The van der Waals surface area contributed by atoms with E-state index in [0.717, 1.165) is 19.3 Å². The Bertz CT molecular complexity index is 729. The molecule has 1 aromatic rings. The Kier molecular flexibility index (Phi) is 7.07. The molecule has 1 saturated carbocycles. The van der Waals surface area contributed by atoms with Crippen molar-refractivity contribution in [1.82, 2.24) is 4.90 Å². The summed E-state index contributed by atoms with van der Waals surface area (Å²) in [5, 5.41) is 10.3. The predicted octanol–water partition coefficient (Wildman–Crippen LogP) is 4.23. The topological polar surface area (TPSA) is 70.4 Å². The quantitative estimate of drug-likeness (QED) is 0.553. The van der Waals surface area contributed by atoms with E-state index in [0.29, 0.717) is 28.5 Å². The van der Waals surface area contributed by atoms with E-state index < -0.39 is 24.0 Å². The number of likely N-dealkylation sites (N-methyl/N-ethyl adjacent to an activating group) is 1. The first-order valence-corrected chi connectivity index (χ1v) is 9.12. The second kappa shape index (κ2) is 9.07. The van der Waals surface area contributed by atoms with Crippen molar-refractivity contribution < 1.29 is 14.3 Å². The van der Waals surface area contributed by atoms with Gasteiger partial charge in [-0.05, 0) is 31.1 Å². The van der Waals surface area contributed by atoms with Crippen LogP contribution in [0.3, 0.4) is 0 Å². The maximum atomic E-state index is 12.3. The van der Waals surface area contributed by atoms with Gasteiger partial charge >= 0.3 is 5.97 Å². The van der Waals surface area contributed by atoms with Crippen molar-refractivity contribution in [1.29, 1.82) is 5.26 Å². The molecule has 5 nitrogen and oxygen atoms in total. The molecule has 0 atom stereocenters. The van der Waals surface area contributed by atoms with Gasteiger partial charge < -0.3 is 9.64 Å². The van der Waals surface area contributed by atoms with E-state index in [4.69, 9.17) is 27.9 Å². The lowest BCUT2D eigenvalue weighted by Crippen LogP contribution is -2.51. The number of hydrogen-bond acceptors (Lipinski definition) is 4. The third-order valence-electron chi connectivity index (χ3n) is 4.63. The molecule has 7 heteroatoms. The molecule has 0 aromatic heterocycles. The Morgan fingerprint density at radius 2 is 1.88 bits per heavy atom. The number of rotatable bonds is 5. The molecule has 1 aliphatic carbocycles. The van der Waals surface area contributed by atoms with Crippen LogP contribution in [0.25, 0.3) is 6.08 Å². The summed E-state index contributed by atoms with van der Waals surface area (Å²) in [5.41, 5.74) is -0.301. The average Bonchev–Trinajstić information content (AvgIpc) is 2.65. The zero-order valence-corrected chi connectivity index (χ0v) is 16.0. The van der Waals surface area contributed by atoms with Crippen molar-refractivity contribution in [3.05, 3.63) is 39.9 Å². The first-order chi connectivity index (χ1) is 12.4. The van der Waals surface area contributed by atoms with Crippen LogP contribution in [0, 0.1) is 11.3 Å². The lowest BCUT2D eigenvalue weighted by Gasteiger charge is -2.38. The Labute approximate surface area is 163 Å². The van der Waals surface area contributed by atoms with Gasteiger partial charge in [0.05, 0.1) is 6.07 Å². The molecule has 0 N–H and O–H groups in total. The van der Waals surface area contributed by atoms with E-state index in [2.05, 4.69) is 6.07 Å². The van der Waals surface area contributed by atoms with Crippen molar-refractivity contribution in [2.45, 2.75) is 37.6 Å². The number of esters is 1. The zero-order chi connectivity index (χ0) is 19.2. The fourth-order valence-corrected chi connectivity index (χ4v) is 3.52. The minimum Gasteiger partial charge on any atom is -0.452 e. The molecule has 0 heterocycles. The van der Waals surface area contributed by atoms with Gasteiger partial charge in [-0.15, -0.1) is 0 Å². The molecule has 2 rings (SSSR count).